The van der Waals surface area contributed by atoms with Gasteiger partial charge < -0.3 is 25.4 Å². The van der Waals surface area contributed by atoms with Crippen molar-refractivity contribution >= 4 is 12.0 Å². The molecule has 1 saturated heterocycles. The maximum Gasteiger partial charge on any atom is 0.315 e. The van der Waals surface area contributed by atoms with Gasteiger partial charge in [-0.2, -0.15) is 0 Å². The zero-order valence-electron chi connectivity index (χ0n) is 15.3. The van der Waals surface area contributed by atoms with E-state index in [0.29, 0.717) is 0 Å². The number of ether oxygens (including phenoxy) is 1. The van der Waals surface area contributed by atoms with Crippen molar-refractivity contribution in [3.63, 3.8) is 0 Å². The van der Waals surface area contributed by atoms with Gasteiger partial charge in [-0.1, -0.05) is 12.1 Å². The van der Waals surface area contributed by atoms with Crippen molar-refractivity contribution in [2.24, 2.45) is 0 Å². The Kier molecular flexibility index (Phi) is 6.43. The van der Waals surface area contributed by atoms with Gasteiger partial charge >= 0.3 is 6.03 Å². The van der Waals surface area contributed by atoms with Crippen molar-refractivity contribution in [3.8, 4) is 5.75 Å². The maximum absolute atomic E-state index is 12.1. The van der Waals surface area contributed by atoms with Crippen LogP contribution in [0.15, 0.2) is 42.7 Å². The Morgan fingerprint density at radius 1 is 1.26 bits per heavy atom. The Balaban J connectivity index is 1.39. The van der Waals surface area contributed by atoms with Crippen LogP contribution >= 0.6 is 0 Å². The number of carbonyl (C=O) groups excluding carboxylic acids is 1. The molecule has 1 aromatic carbocycles. The molecule has 2 aromatic rings. The number of anilines is 1. The van der Waals surface area contributed by atoms with E-state index in [9.17, 15) is 9.90 Å². The molecule has 0 aliphatic carbocycles. The third-order valence-electron chi connectivity index (χ3n) is 4.62. The van der Waals surface area contributed by atoms with Crippen LogP contribution in [-0.4, -0.2) is 53.9 Å². The fourth-order valence-corrected chi connectivity index (χ4v) is 3.05. The number of rotatable bonds is 6. The van der Waals surface area contributed by atoms with Crippen LogP contribution in [0.25, 0.3) is 0 Å². The van der Waals surface area contributed by atoms with Crippen LogP contribution in [0.2, 0.25) is 0 Å². The lowest BCUT2D eigenvalue weighted by atomic mass is 10.1. The summed E-state index contributed by atoms with van der Waals surface area (Å²) in [5.41, 5.74) is 0.729. The average Bonchev–Trinajstić information content (AvgIpc) is 2.73. The molecule has 1 fully saturated rings. The molecule has 8 heteroatoms. The summed E-state index contributed by atoms with van der Waals surface area (Å²) >= 11 is 0. The van der Waals surface area contributed by atoms with Crippen LogP contribution in [0.5, 0.6) is 5.75 Å². The van der Waals surface area contributed by atoms with Crippen LogP contribution in [0, 0.1) is 0 Å². The third-order valence-corrected chi connectivity index (χ3v) is 4.62. The Hall–Kier alpha value is -2.87. The Labute approximate surface area is 158 Å². The van der Waals surface area contributed by atoms with Gasteiger partial charge in [-0.15, -0.1) is 0 Å². The highest BCUT2D eigenvalue weighted by Gasteiger charge is 2.22. The van der Waals surface area contributed by atoms with Gasteiger partial charge in [0.15, 0.2) is 0 Å². The highest BCUT2D eigenvalue weighted by molar-refractivity contribution is 5.74. The molecule has 1 atom stereocenters. The highest BCUT2D eigenvalue weighted by atomic mass is 16.5. The molecule has 1 aliphatic rings. The number of urea groups is 1. The highest BCUT2D eigenvalue weighted by Crippen LogP contribution is 2.17. The standard InChI is InChI=1S/C19H25N5O3/c1-27-16-5-3-14(4-6-16)17(25)13-22-19(26)23-15-7-11-24(12-8-15)18-20-9-2-10-21-18/h2-6,9-10,15,17,25H,7-8,11-13H2,1H3,(H2,22,23,26). The minimum absolute atomic E-state index is 0.100. The number of amides is 2. The van der Waals surface area contributed by atoms with Crippen LogP contribution in [-0.2, 0) is 0 Å². The number of nitrogens with one attached hydrogen (secondary N) is 2. The largest absolute Gasteiger partial charge is 0.497 e. The number of carbonyl (C=O) groups is 1. The van der Waals surface area contributed by atoms with E-state index in [1.54, 1.807) is 49.8 Å². The van der Waals surface area contributed by atoms with E-state index in [1.807, 2.05) is 0 Å². The average molecular weight is 371 g/mol. The van der Waals surface area contributed by atoms with E-state index in [0.717, 1.165) is 43.2 Å². The molecular weight excluding hydrogens is 346 g/mol. The molecule has 27 heavy (non-hydrogen) atoms. The van der Waals surface area contributed by atoms with Crippen molar-refractivity contribution in [2.45, 2.75) is 25.0 Å². The molecule has 1 unspecified atom stereocenters. The van der Waals surface area contributed by atoms with Crippen LogP contribution in [0.3, 0.4) is 0 Å². The molecule has 0 bridgehead atoms. The normalized spacial score (nSPS) is 15.9. The number of aromatic nitrogens is 2. The van der Waals surface area contributed by atoms with Gasteiger partial charge in [0.2, 0.25) is 5.95 Å². The number of aliphatic hydroxyl groups is 1. The van der Waals surface area contributed by atoms with Gasteiger partial charge in [0.25, 0.3) is 0 Å². The number of methoxy groups -OCH3 is 1. The van der Waals surface area contributed by atoms with Crippen LogP contribution < -0.4 is 20.3 Å². The van der Waals surface area contributed by atoms with Gasteiger partial charge in [-0.05, 0) is 36.6 Å². The second-order valence-electron chi connectivity index (χ2n) is 6.45. The second kappa shape index (κ2) is 9.18. The predicted molar refractivity (Wildman–Crippen MR) is 102 cm³/mol. The van der Waals surface area contributed by atoms with Gasteiger partial charge in [-0.3, -0.25) is 0 Å². The van der Waals surface area contributed by atoms with Gasteiger partial charge in [0.1, 0.15) is 5.75 Å². The zero-order valence-corrected chi connectivity index (χ0v) is 15.3. The van der Waals surface area contributed by atoms with Crippen molar-refractivity contribution in [1.29, 1.82) is 0 Å². The Bertz CT molecular complexity index is 718. The Morgan fingerprint density at radius 2 is 1.93 bits per heavy atom. The minimum atomic E-state index is -0.765. The number of hydrogen-bond donors (Lipinski definition) is 3. The van der Waals surface area contributed by atoms with Crippen molar-refractivity contribution in [1.82, 2.24) is 20.6 Å². The molecule has 2 amide bonds. The fraction of sp³-hybridized carbons (Fsp3) is 0.421. The summed E-state index contributed by atoms with van der Waals surface area (Å²) in [6.45, 7) is 1.74. The van der Waals surface area contributed by atoms with Gasteiger partial charge in [0, 0.05) is 38.1 Å². The summed E-state index contributed by atoms with van der Waals surface area (Å²) in [5.74, 6) is 1.45. The lowest BCUT2D eigenvalue weighted by Gasteiger charge is -2.32. The molecule has 3 N–H and O–H groups in total. The van der Waals surface area contributed by atoms with Crippen molar-refractivity contribution in [2.75, 3.05) is 31.6 Å². The van der Waals surface area contributed by atoms with E-state index in [1.165, 1.54) is 0 Å². The van der Waals surface area contributed by atoms with Crippen molar-refractivity contribution < 1.29 is 14.6 Å². The topological polar surface area (TPSA) is 99.6 Å². The van der Waals surface area contributed by atoms with E-state index in [2.05, 4.69) is 25.5 Å². The molecule has 8 nitrogen and oxygen atoms in total. The molecule has 0 saturated carbocycles. The number of benzene rings is 1. The summed E-state index contributed by atoms with van der Waals surface area (Å²) in [6.07, 6.45) is 4.35. The van der Waals surface area contributed by atoms with Gasteiger partial charge in [-0.25, -0.2) is 14.8 Å². The molecule has 0 spiro atoms. The first-order chi connectivity index (χ1) is 13.2. The lowest BCUT2D eigenvalue weighted by molar-refractivity contribution is 0.172. The lowest BCUT2D eigenvalue weighted by Crippen LogP contribution is -2.48. The van der Waals surface area contributed by atoms with Crippen LogP contribution in [0.1, 0.15) is 24.5 Å². The molecular formula is C19H25N5O3. The summed E-state index contributed by atoms with van der Waals surface area (Å²) < 4.78 is 5.09. The molecule has 1 aliphatic heterocycles. The maximum atomic E-state index is 12.1. The molecule has 2 heterocycles. The monoisotopic (exact) mass is 371 g/mol. The second-order valence-corrected chi connectivity index (χ2v) is 6.45. The zero-order chi connectivity index (χ0) is 19.1. The van der Waals surface area contributed by atoms with E-state index >= 15 is 0 Å². The third kappa shape index (κ3) is 5.30. The SMILES string of the molecule is COc1ccc(C(O)CNC(=O)NC2CCN(c3ncccn3)CC2)cc1. The van der Waals surface area contributed by atoms with E-state index in [4.69, 9.17) is 4.74 Å². The summed E-state index contributed by atoms with van der Waals surface area (Å²) in [7, 11) is 1.59. The fourth-order valence-electron chi connectivity index (χ4n) is 3.05. The first kappa shape index (κ1) is 18.9. The summed E-state index contributed by atoms with van der Waals surface area (Å²) in [4.78, 5) is 22.7. The first-order valence-electron chi connectivity index (χ1n) is 9.04. The molecule has 0 radical (unpaired) electrons. The Morgan fingerprint density at radius 3 is 2.56 bits per heavy atom. The number of hydrogen-bond acceptors (Lipinski definition) is 6. The van der Waals surface area contributed by atoms with E-state index < -0.39 is 6.10 Å². The minimum Gasteiger partial charge on any atom is -0.497 e. The van der Waals surface area contributed by atoms with Crippen LogP contribution in [0.4, 0.5) is 10.7 Å². The number of aliphatic hydroxyl groups excluding tert-OH is 1. The predicted octanol–water partition coefficient (Wildman–Crippen LogP) is 1.49. The number of piperidine rings is 1. The van der Waals surface area contributed by atoms with Crippen molar-refractivity contribution in [3.05, 3.63) is 48.3 Å². The molecule has 1 aromatic heterocycles. The van der Waals surface area contributed by atoms with E-state index in [-0.39, 0.29) is 18.6 Å². The first-order valence-corrected chi connectivity index (χ1v) is 9.04. The molecule has 3 rings (SSSR count). The van der Waals surface area contributed by atoms with Gasteiger partial charge in [0.05, 0.1) is 13.2 Å². The molecule has 144 valence electrons. The summed E-state index contributed by atoms with van der Waals surface area (Å²) in [5, 5.41) is 15.9. The number of nitrogens with zero attached hydrogens (tertiary/aromatic N) is 3. The smallest absolute Gasteiger partial charge is 0.315 e. The summed E-state index contributed by atoms with van der Waals surface area (Å²) in [6, 6.07) is 8.75. The quantitative estimate of drug-likeness (QED) is 0.711.